The van der Waals surface area contributed by atoms with Crippen molar-refractivity contribution in [1.82, 2.24) is 9.88 Å². The standard InChI is InChI=1S/C17H21N3O2S/c1-3-9-20(17(22)15-11-23-12-18-15)13(2)10-16(21)19-14-7-5-4-6-8-14/h4-8,11-13H,3,9-10H2,1-2H3,(H,19,21). The van der Waals surface area contributed by atoms with Gasteiger partial charge in [0.05, 0.1) is 5.51 Å². The van der Waals surface area contributed by atoms with E-state index in [4.69, 9.17) is 0 Å². The van der Waals surface area contributed by atoms with Gasteiger partial charge < -0.3 is 10.2 Å². The van der Waals surface area contributed by atoms with Crippen molar-refractivity contribution in [3.8, 4) is 0 Å². The lowest BCUT2D eigenvalue weighted by Crippen LogP contribution is -2.41. The minimum absolute atomic E-state index is 0.101. The molecule has 1 aromatic heterocycles. The predicted molar refractivity (Wildman–Crippen MR) is 92.6 cm³/mol. The number of rotatable bonds is 7. The van der Waals surface area contributed by atoms with Crippen LogP contribution in [0, 0.1) is 0 Å². The van der Waals surface area contributed by atoms with Gasteiger partial charge in [-0.1, -0.05) is 25.1 Å². The first-order chi connectivity index (χ1) is 11.1. The molecule has 0 saturated heterocycles. The molecule has 2 amide bonds. The van der Waals surface area contributed by atoms with Crippen molar-refractivity contribution in [2.75, 3.05) is 11.9 Å². The number of hydrogen-bond donors (Lipinski definition) is 1. The highest BCUT2D eigenvalue weighted by Crippen LogP contribution is 2.13. The Morgan fingerprint density at radius 3 is 2.65 bits per heavy atom. The highest BCUT2D eigenvalue weighted by atomic mass is 32.1. The van der Waals surface area contributed by atoms with Crippen LogP contribution in [-0.4, -0.2) is 34.3 Å². The van der Waals surface area contributed by atoms with Crippen LogP contribution < -0.4 is 5.32 Å². The molecule has 1 N–H and O–H groups in total. The first-order valence-electron chi connectivity index (χ1n) is 7.66. The van der Waals surface area contributed by atoms with Crippen molar-refractivity contribution >= 4 is 28.8 Å². The molecule has 0 aliphatic rings. The number of anilines is 1. The third-order valence-electron chi connectivity index (χ3n) is 3.45. The molecule has 5 nitrogen and oxygen atoms in total. The lowest BCUT2D eigenvalue weighted by molar-refractivity contribution is -0.117. The zero-order chi connectivity index (χ0) is 16.7. The van der Waals surface area contributed by atoms with Crippen molar-refractivity contribution in [3.05, 3.63) is 46.9 Å². The number of benzene rings is 1. The second-order valence-electron chi connectivity index (χ2n) is 5.34. The summed E-state index contributed by atoms with van der Waals surface area (Å²) in [6, 6.07) is 9.13. The van der Waals surface area contributed by atoms with Crippen molar-refractivity contribution in [1.29, 1.82) is 0 Å². The molecule has 0 saturated carbocycles. The first-order valence-corrected chi connectivity index (χ1v) is 8.60. The van der Waals surface area contributed by atoms with Gasteiger partial charge in [0.15, 0.2) is 0 Å². The number of carbonyl (C=O) groups excluding carboxylic acids is 2. The van der Waals surface area contributed by atoms with Gasteiger partial charge in [0.2, 0.25) is 5.91 Å². The molecule has 1 unspecified atom stereocenters. The van der Waals surface area contributed by atoms with E-state index in [0.717, 1.165) is 12.1 Å². The molecule has 0 radical (unpaired) electrons. The van der Waals surface area contributed by atoms with Crippen LogP contribution in [0.15, 0.2) is 41.2 Å². The molecule has 2 aromatic rings. The Labute approximate surface area is 140 Å². The Morgan fingerprint density at radius 2 is 2.04 bits per heavy atom. The van der Waals surface area contributed by atoms with E-state index in [9.17, 15) is 9.59 Å². The highest BCUT2D eigenvalue weighted by molar-refractivity contribution is 7.07. The van der Waals surface area contributed by atoms with E-state index >= 15 is 0 Å². The maximum atomic E-state index is 12.5. The fourth-order valence-corrected chi connectivity index (χ4v) is 2.87. The van der Waals surface area contributed by atoms with Crippen LogP contribution in [0.1, 0.15) is 37.2 Å². The number of hydrogen-bond acceptors (Lipinski definition) is 4. The molecule has 1 atom stereocenters. The van der Waals surface area contributed by atoms with Gasteiger partial charge in [0.1, 0.15) is 5.69 Å². The number of carbonyl (C=O) groups is 2. The number of thiazole rings is 1. The Hall–Kier alpha value is -2.21. The largest absolute Gasteiger partial charge is 0.334 e. The normalized spacial score (nSPS) is 11.7. The summed E-state index contributed by atoms with van der Waals surface area (Å²) in [6.45, 7) is 4.51. The molecule has 0 spiro atoms. The summed E-state index contributed by atoms with van der Waals surface area (Å²) in [4.78, 5) is 30.5. The van der Waals surface area contributed by atoms with Gasteiger partial charge in [0, 0.05) is 30.1 Å². The lowest BCUT2D eigenvalue weighted by atomic mass is 10.1. The average molecular weight is 331 g/mol. The lowest BCUT2D eigenvalue weighted by Gasteiger charge is -2.28. The molecule has 0 fully saturated rings. The maximum Gasteiger partial charge on any atom is 0.273 e. The molecule has 122 valence electrons. The van der Waals surface area contributed by atoms with E-state index in [2.05, 4.69) is 10.3 Å². The van der Waals surface area contributed by atoms with Crippen LogP contribution >= 0.6 is 11.3 Å². The zero-order valence-electron chi connectivity index (χ0n) is 13.4. The van der Waals surface area contributed by atoms with Crippen LogP contribution in [0.25, 0.3) is 0 Å². The second kappa shape index (κ2) is 8.43. The fourth-order valence-electron chi connectivity index (χ4n) is 2.34. The number of nitrogens with one attached hydrogen (secondary N) is 1. The Kier molecular flexibility index (Phi) is 6.29. The third kappa shape index (κ3) is 4.89. The Balaban J connectivity index is 1.99. The van der Waals surface area contributed by atoms with E-state index in [0.29, 0.717) is 12.2 Å². The van der Waals surface area contributed by atoms with Gasteiger partial charge in [-0.05, 0) is 25.5 Å². The van der Waals surface area contributed by atoms with E-state index in [1.165, 1.54) is 11.3 Å². The van der Waals surface area contributed by atoms with Gasteiger partial charge in [-0.15, -0.1) is 11.3 Å². The molecule has 23 heavy (non-hydrogen) atoms. The predicted octanol–water partition coefficient (Wildman–Crippen LogP) is 3.41. The van der Waals surface area contributed by atoms with Crippen LogP contribution in [-0.2, 0) is 4.79 Å². The van der Waals surface area contributed by atoms with Crippen molar-refractivity contribution in [3.63, 3.8) is 0 Å². The van der Waals surface area contributed by atoms with Crippen LogP contribution in [0.5, 0.6) is 0 Å². The van der Waals surface area contributed by atoms with Gasteiger partial charge in [0.25, 0.3) is 5.91 Å². The maximum absolute atomic E-state index is 12.5. The second-order valence-corrected chi connectivity index (χ2v) is 6.06. The molecule has 1 aromatic carbocycles. The van der Waals surface area contributed by atoms with Crippen LogP contribution in [0.3, 0.4) is 0 Å². The summed E-state index contributed by atoms with van der Waals surface area (Å²) < 4.78 is 0. The minimum Gasteiger partial charge on any atom is -0.334 e. The smallest absolute Gasteiger partial charge is 0.273 e. The zero-order valence-corrected chi connectivity index (χ0v) is 14.2. The monoisotopic (exact) mass is 331 g/mol. The number of aromatic nitrogens is 1. The summed E-state index contributed by atoms with van der Waals surface area (Å²) in [7, 11) is 0. The quantitative estimate of drug-likeness (QED) is 0.845. The van der Waals surface area contributed by atoms with E-state index < -0.39 is 0 Å². The van der Waals surface area contributed by atoms with E-state index in [1.807, 2.05) is 44.2 Å². The topological polar surface area (TPSA) is 62.3 Å². The summed E-state index contributed by atoms with van der Waals surface area (Å²) >= 11 is 1.39. The molecular weight excluding hydrogens is 310 g/mol. The number of para-hydroxylation sites is 1. The van der Waals surface area contributed by atoms with Crippen molar-refractivity contribution in [2.45, 2.75) is 32.7 Å². The molecule has 6 heteroatoms. The molecule has 2 rings (SSSR count). The van der Waals surface area contributed by atoms with E-state index in [1.54, 1.807) is 15.8 Å². The number of amides is 2. The van der Waals surface area contributed by atoms with Crippen molar-refractivity contribution in [2.24, 2.45) is 0 Å². The van der Waals surface area contributed by atoms with Crippen LogP contribution in [0.4, 0.5) is 5.69 Å². The molecule has 0 aliphatic carbocycles. The SMILES string of the molecule is CCCN(C(=O)c1cscn1)C(C)CC(=O)Nc1ccccc1. The van der Waals surface area contributed by atoms with Crippen LogP contribution in [0.2, 0.25) is 0 Å². The minimum atomic E-state index is -0.187. The Bertz CT molecular complexity index is 629. The fraction of sp³-hybridized carbons (Fsp3) is 0.353. The summed E-state index contributed by atoms with van der Waals surface area (Å²) in [5, 5.41) is 4.59. The van der Waals surface area contributed by atoms with Gasteiger partial charge in [-0.3, -0.25) is 9.59 Å². The Morgan fingerprint density at radius 1 is 1.30 bits per heavy atom. The van der Waals surface area contributed by atoms with E-state index in [-0.39, 0.29) is 24.3 Å². The summed E-state index contributed by atoms with van der Waals surface area (Å²) in [5.74, 6) is -0.219. The van der Waals surface area contributed by atoms with Gasteiger partial charge in [-0.25, -0.2) is 4.98 Å². The molecule has 1 heterocycles. The van der Waals surface area contributed by atoms with Crippen molar-refractivity contribution < 1.29 is 9.59 Å². The molecule has 0 bridgehead atoms. The highest BCUT2D eigenvalue weighted by Gasteiger charge is 2.24. The molecular formula is C17H21N3O2S. The summed E-state index contributed by atoms with van der Waals surface area (Å²) in [5.41, 5.74) is 2.85. The average Bonchev–Trinajstić information content (AvgIpc) is 3.07. The molecule has 0 aliphatic heterocycles. The summed E-state index contributed by atoms with van der Waals surface area (Å²) in [6.07, 6.45) is 1.09. The van der Waals surface area contributed by atoms with Gasteiger partial charge >= 0.3 is 0 Å². The van der Waals surface area contributed by atoms with Gasteiger partial charge in [-0.2, -0.15) is 0 Å². The number of nitrogens with zero attached hydrogens (tertiary/aromatic N) is 2. The third-order valence-corrected chi connectivity index (χ3v) is 4.03. The first kappa shape index (κ1) is 17.1.